The summed E-state index contributed by atoms with van der Waals surface area (Å²) in [6.07, 6.45) is 1.91. The summed E-state index contributed by atoms with van der Waals surface area (Å²) >= 11 is 0.469. The molecule has 2 atom stereocenters. The van der Waals surface area contributed by atoms with Gasteiger partial charge in [-0.15, -0.1) is 0 Å². The maximum absolute atomic E-state index is 12.3. The van der Waals surface area contributed by atoms with Crippen molar-refractivity contribution in [3.63, 3.8) is 0 Å². The lowest BCUT2D eigenvalue weighted by atomic mass is 9.91. The molecule has 1 aromatic rings. The summed E-state index contributed by atoms with van der Waals surface area (Å²) in [5, 5.41) is 12.2. The molecule has 0 radical (unpaired) electrons. The number of aliphatic hydroxyl groups excluding tert-OH is 1. The minimum absolute atomic E-state index is 0.0570. The van der Waals surface area contributed by atoms with E-state index < -0.39 is 5.76 Å². The Labute approximate surface area is 132 Å². The first-order valence-electron chi connectivity index (χ1n) is 7.24. The van der Waals surface area contributed by atoms with Crippen LogP contribution in [-0.2, 0) is 0 Å². The Kier molecular flexibility index (Phi) is 6.02. The van der Waals surface area contributed by atoms with Gasteiger partial charge < -0.3 is 15.3 Å². The van der Waals surface area contributed by atoms with E-state index in [2.05, 4.69) is 5.32 Å². The van der Waals surface area contributed by atoms with Crippen LogP contribution in [-0.4, -0.2) is 41.0 Å². The summed E-state index contributed by atoms with van der Waals surface area (Å²) in [6.45, 7) is 2.58. The second-order valence-corrected chi connectivity index (χ2v) is 6.46. The number of aliphatic hydroxyl groups is 1. The highest BCUT2D eigenvalue weighted by atomic mass is 32.2. The quantitative estimate of drug-likeness (QED) is 0.829. The van der Waals surface area contributed by atoms with Crippen LogP contribution in [0, 0.1) is 5.92 Å². The summed E-state index contributed by atoms with van der Waals surface area (Å²) in [4.78, 5) is 14.4. The number of alkyl halides is 2. The van der Waals surface area contributed by atoms with Crippen molar-refractivity contribution in [1.29, 1.82) is 0 Å². The Bertz CT molecular complexity index is 499. The number of urea groups is 1. The van der Waals surface area contributed by atoms with Gasteiger partial charge in [0.2, 0.25) is 0 Å². The molecular formula is C15H20F2N2O2S. The van der Waals surface area contributed by atoms with Gasteiger partial charge in [0.15, 0.2) is 0 Å². The predicted molar refractivity (Wildman–Crippen MR) is 83.3 cm³/mol. The van der Waals surface area contributed by atoms with E-state index in [0.29, 0.717) is 28.9 Å². The fourth-order valence-electron chi connectivity index (χ4n) is 2.69. The van der Waals surface area contributed by atoms with Crippen molar-refractivity contribution in [3.05, 3.63) is 24.3 Å². The highest BCUT2D eigenvalue weighted by Gasteiger charge is 2.31. The molecule has 22 heavy (non-hydrogen) atoms. The van der Waals surface area contributed by atoms with Crippen molar-refractivity contribution in [3.8, 4) is 0 Å². The number of carbonyl (C=O) groups is 1. The minimum Gasteiger partial charge on any atom is -0.394 e. The molecule has 1 aliphatic heterocycles. The number of anilines is 1. The molecule has 1 aromatic carbocycles. The average molecular weight is 330 g/mol. The molecule has 1 aliphatic rings. The zero-order chi connectivity index (χ0) is 16.1. The molecule has 2 unspecified atom stereocenters. The number of rotatable bonds is 4. The summed E-state index contributed by atoms with van der Waals surface area (Å²) in [6, 6.07) is 5.86. The Morgan fingerprint density at radius 1 is 1.45 bits per heavy atom. The van der Waals surface area contributed by atoms with Crippen LogP contribution in [0.3, 0.4) is 0 Å². The monoisotopic (exact) mass is 330 g/mol. The van der Waals surface area contributed by atoms with Crippen LogP contribution in [0.25, 0.3) is 0 Å². The summed E-state index contributed by atoms with van der Waals surface area (Å²) in [7, 11) is 0. The van der Waals surface area contributed by atoms with Crippen LogP contribution in [0.5, 0.6) is 0 Å². The Morgan fingerprint density at radius 2 is 2.14 bits per heavy atom. The number of benzene rings is 1. The van der Waals surface area contributed by atoms with Crippen LogP contribution in [0.4, 0.5) is 19.3 Å². The van der Waals surface area contributed by atoms with Gasteiger partial charge in [0.1, 0.15) is 0 Å². The lowest BCUT2D eigenvalue weighted by Gasteiger charge is -2.38. The number of piperidine rings is 1. The van der Waals surface area contributed by atoms with E-state index in [0.717, 1.165) is 12.8 Å². The molecule has 2 N–H and O–H groups in total. The lowest BCUT2D eigenvalue weighted by Crippen LogP contribution is -2.51. The highest BCUT2D eigenvalue weighted by Crippen LogP contribution is 2.27. The minimum atomic E-state index is -2.46. The third-order valence-electron chi connectivity index (χ3n) is 3.89. The van der Waals surface area contributed by atoms with E-state index >= 15 is 0 Å². The van der Waals surface area contributed by atoms with Crippen molar-refractivity contribution in [2.24, 2.45) is 5.92 Å². The molecule has 0 spiro atoms. The number of likely N-dealkylation sites (tertiary alicyclic amines) is 1. The SMILES string of the molecule is CC1CCCN(C(=O)Nc2ccc(SC(F)F)cc2)C1CO. The summed E-state index contributed by atoms with van der Waals surface area (Å²) < 4.78 is 24.5. The zero-order valence-electron chi connectivity index (χ0n) is 12.3. The van der Waals surface area contributed by atoms with Crippen molar-refractivity contribution in [2.45, 2.75) is 36.5 Å². The molecular weight excluding hydrogens is 310 g/mol. The van der Waals surface area contributed by atoms with Gasteiger partial charge in [-0.2, -0.15) is 8.78 Å². The Morgan fingerprint density at radius 3 is 2.73 bits per heavy atom. The molecule has 4 nitrogen and oxygen atoms in total. The van der Waals surface area contributed by atoms with E-state index in [-0.39, 0.29) is 24.6 Å². The normalized spacial score (nSPS) is 22.0. The first kappa shape index (κ1) is 17.0. The third-order valence-corrected chi connectivity index (χ3v) is 4.62. The lowest BCUT2D eigenvalue weighted by molar-refractivity contribution is 0.0811. The predicted octanol–water partition coefficient (Wildman–Crippen LogP) is 3.63. The molecule has 7 heteroatoms. The summed E-state index contributed by atoms with van der Waals surface area (Å²) in [5.74, 6) is -2.20. The maximum Gasteiger partial charge on any atom is 0.322 e. The molecule has 0 bridgehead atoms. The molecule has 0 aromatic heterocycles. The number of hydrogen-bond acceptors (Lipinski definition) is 3. The topological polar surface area (TPSA) is 52.6 Å². The number of thioether (sulfide) groups is 1. The fourth-order valence-corrected chi connectivity index (χ4v) is 3.19. The van der Waals surface area contributed by atoms with E-state index in [4.69, 9.17) is 0 Å². The number of nitrogens with zero attached hydrogens (tertiary/aromatic N) is 1. The second kappa shape index (κ2) is 7.78. The number of carbonyl (C=O) groups excluding carboxylic acids is 1. The largest absolute Gasteiger partial charge is 0.394 e. The van der Waals surface area contributed by atoms with Gasteiger partial charge in [0.05, 0.1) is 12.6 Å². The molecule has 1 fully saturated rings. The molecule has 2 rings (SSSR count). The first-order valence-corrected chi connectivity index (χ1v) is 8.12. The number of amides is 2. The third kappa shape index (κ3) is 4.33. The van der Waals surface area contributed by atoms with Crippen molar-refractivity contribution >= 4 is 23.5 Å². The number of nitrogens with one attached hydrogen (secondary N) is 1. The molecule has 122 valence electrons. The molecule has 0 saturated carbocycles. The second-order valence-electron chi connectivity index (χ2n) is 5.40. The van der Waals surface area contributed by atoms with Crippen molar-refractivity contribution in [2.75, 3.05) is 18.5 Å². The maximum atomic E-state index is 12.3. The highest BCUT2D eigenvalue weighted by molar-refractivity contribution is 7.99. The van der Waals surface area contributed by atoms with Gasteiger partial charge in [-0.3, -0.25) is 0 Å². The van der Waals surface area contributed by atoms with E-state index in [1.54, 1.807) is 29.2 Å². The molecule has 2 amide bonds. The Balaban J connectivity index is 1.98. The number of hydrogen-bond donors (Lipinski definition) is 2. The van der Waals surface area contributed by atoms with Gasteiger partial charge >= 0.3 is 6.03 Å². The fraction of sp³-hybridized carbons (Fsp3) is 0.533. The van der Waals surface area contributed by atoms with Crippen LogP contribution in [0.1, 0.15) is 19.8 Å². The van der Waals surface area contributed by atoms with Crippen LogP contribution in [0.15, 0.2) is 29.2 Å². The van der Waals surface area contributed by atoms with Gasteiger partial charge in [0.25, 0.3) is 5.76 Å². The molecule has 1 saturated heterocycles. The van der Waals surface area contributed by atoms with Crippen LogP contribution < -0.4 is 5.32 Å². The van der Waals surface area contributed by atoms with Gasteiger partial charge in [-0.05, 0) is 43.0 Å². The van der Waals surface area contributed by atoms with Gasteiger partial charge in [-0.1, -0.05) is 18.7 Å². The standard InChI is InChI=1S/C15H20F2N2O2S/c1-10-3-2-8-19(13(10)9-20)15(21)18-11-4-6-12(7-5-11)22-14(16)17/h4-7,10,13-14,20H,2-3,8-9H2,1H3,(H,18,21). The molecule has 0 aliphatic carbocycles. The van der Waals surface area contributed by atoms with Gasteiger partial charge in [0, 0.05) is 17.1 Å². The van der Waals surface area contributed by atoms with Gasteiger partial charge in [-0.25, -0.2) is 4.79 Å². The van der Waals surface area contributed by atoms with E-state index in [9.17, 15) is 18.7 Å². The van der Waals surface area contributed by atoms with Crippen LogP contribution in [0.2, 0.25) is 0 Å². The first-order chi connectivity index (χ1) is 10.5. The smallest absolute Gasteiger partial charge is 0.322 e. The van der Waals surface area contributed by atoms with Crippen molar-refractivity contribution < 1.29 is 18.7 Å². The van der Waals surface area contributed by atoms with E-state index in [1.807, 2.05) is 6.92 Å². The van der Waals surface area contributed by atoms with Crippen LogP contribution >= 0.6 is 11.8 Å². The molecule has 1 heterocycles. The number of halogens is 2. The zero-order valence-corrected chi connectivity index (χ0v) is 13.2. The average Bonchev–Trinajstić information content (AvgIpc) is 2.48. The van der Waals surface area contributed by atoms with E-state index in [1.165, 1.54) is 0 Å². The summed E-state index contributed by atoms with van der Waals surface area (Å²) in [5.41, 5.74) is 0.554. The Hall–Kier alpha value is -1.34. The van der Waals surface area contributed by atoms with Crippen molar-refractivity contribution in [1.82, 2.24) is 4.90 Å².